The predicted molar refractivity (Wildman–Crippen MR) is 104 cm³/mol. The van der Waals surface area contributed by atoms with Crippen molar-refractivity contribution >= 4 is 11.9 Å². The normalized spacial score (nSPS) is 17.6. The number of benzene rings is 1. The summed E-state index contributed by atoms with van der Waals surface area (Å²) in [6.45, 7) is 6.31. The molecule has 1 aliphatic heterocycles. The molecule has 0 saturated carbocycles. The van der Waals surface area contributed by atoms with Crippen LogP contribution < -0.4 is 4.74 Å². The molecule has 1 fully saturated rings. The summed E-state index contributed by atoms with van der Waals surface area (Å²) < 4.78 is 15.9. The topological polar surface area (TPSA) is 94.8 Å². The molecule has 2 heterocycles. The Bertz CT molecular complexity index is 833. The molecule has 0 aliphatic carbocycles. The molecular weight excluding hydrogens is 374 g/mol. The van der Waals surface area contributed by atoms with Gasteiger partial charge in [-0.2, -0.15) is 4.98 Å². The van der Waals surface area contributed by atoms with Crippen LogP contribution >= 0.6 is 0 Å². The molecule has 1 aliphatic rings. The average Bonchev–Trinajstić information content (AvgIpc) is 3.17. The Kier molecular flexibility index (Phi) is 6.85. The summed E-state index contributed by atoms with van der Waals surface area (Å²) in [5.41, 5.74) is 0.359. The van der Waals surface area contributed by atoms with E-state index in [-0.39, 0.29) is 18.6 Å². The van der Waals surface area contributed by atoms with Gasteiger partial charge in [-0.3, -0.25) is 4.79 Å². The first-order valence-electron chi connectivity index (χ1n) is 10.0. The fourth-order valence-electron chi connectivity index (χ4n) is 3.46. The van der Waals surface area contributed by atoms with Gasteiger partial charge in [-0.1, -0.05) is 12.1 Å². The molecule has 8 heteroatoms. The molecule has 1 amide bonds. The number of hydrogen-bond donors (Lipinski definition) is 0. The summed E-state index contributed by atoms with van der Waals surface area (Å²) in [4.78, 5) is 31.1. The van der Waals surface area contributed by atoms with Gasteiger partial charge in [0.05, 0.1) is 5.56 Å². The maximum atomic E-state index is 12.7. The Hall–Kier alpha value is -2.90. The minimum absolute atomic E-state index is 0.125. The molecule has 1 saturated heterocycles. The number of esters is 1. The number of ether oxygens (including phenoxy) is 2. The first kappa shape index (κ1) is 20.8. The van der Waals surface area contributed by atoms with Crippen LogP contribution in [0.4, 0.5) is 0 Å². The number of carbonyl (C=O) groups is 2. The molecule has 1 aromatic heterocycles. The number of rotatable bonds is 7. The van der Waals surface area contributed by atoms with Crippen LogP contribution in [0.1, 0.15) is 61.6 Å². The Morgan fingerprint density at radius 2 is 2.03 bits per heavy atom. The summed E-state index contributed by atoms with van der Waals surface area (Å²) in [5.74, 6) is 0.824. The van der Waals surface area contributed by atoms with Gasteiger partial charge in [0.1, 0.15) is 5.75 Å². The third-order valence-electron chi connectivity index (χ3n) is 5.04. The molecule has 0 spiro atoms. The number of piperidine rings is 1. The lowest BCUT2D eigenvalue weighted by Crippen LogP contribution is -2.48. The summed E-state index contributed by atoms with van der Waals surface area (Å²) in [7, 11) is 0. The Morgan fingerprint density at radius 1 is 1.28 bits per heavy atom. The maximum Gasteiger partial charge on any atom is 0.338 e. The number of aryl methyl sites for hydroxylation is 1. The zero-order valence-corrected chi connectivity index (χ0v) is 17.1. The summed E-state index contributed by atoms with van der Waals surface area (Å²) >= 11 is 0. The van der Waals surface area contributed by atoms with Crippen LogP contribution in [0, 0.1) is 6.92 Å². The molecule has 3 rings (SSSR count). The Balaban J connectivity index is 1.53. The van der Waals surface area contributed by atoms with Crippen molar-refractivity contribution in [2.75, 3.05) is 6.54 Å². The fraction of sp³-hybridized carbons (Fsp3) is 0.524. The number of hydrogen-bond acceptors (Lipinski definition) is 7. The molecular formula is C21H27N3O5. The summed E-state index contributed by atoms with van der Waals surface area (Å²) in [6.07, 6.45) is 3.24. The van der Waals surface area contributed by atoms with Gasteiger partial charge < -0.3 is 18.9 Å². The first-order chi connectivity index (χ1) is 14.0. The number of amides is 1. The van der Waals surface area contributed by atoms with E-state index in [4.69, 9.17) is 14.0 Å². The van der Waals surface area contributed by atoms with Crippen LogP contribution in [0.3, 0.4) is 0 Å². The lowest BCUT2D eigenvalue weighted by molar-refractivity contribution is -0.143. The molecule has 0 bridgehead atoms. The second kappa shape index (κ2) is 9.54. The highest BCUT2D eigenvalue weighted by Gasteiger charge is 2.30. The van der Waals surface area contributed by atoms with E-state index in [0.29, 0.717) is 23.0 Å². The number of likely N-dealkylation sites (tertiary alicyclic amines) is 1. The van der Waals surface area contributed by atoms with Gasteiger partial charge >= 0.3 is 5.97 Å². The third-order valence-corrected chi connectivity index (χ3v) is 5.04. The zero-order chi connectivity index (χ0) is 20.8. The second-order valence-corrected chi connectivity index (χ2v) is 7.18. The van der Waals surface area contributed by atoms with E-state index in [1.807, 2.05) is 4.90 Å². The van der Waals surface area contributed by atoms with E-state index >= 15 is 0 Å². The van der Waals surface area contributed by atoms with E-state index in [1.165, 1.54) is 0 Å². The Labute approximate surface area is 170 Å². The largest absolute Gasteiger partial charge is 0.485 e. The van der Waals surface area contributed by atoms with Gasteiger partial charge in [0.25, 0.3) is 5.91 Å². The van der Waals surface area contributed by atoms with E-state index in [9.17, 15) is 9.59 Å². The molecule has 2 unspecified atom stereocenters. The van der Waals surface area contributed by atoms with Crippen LogP contribution in [0.2, 0.25) is 0 Å². The lowest BCUT2D eigenvalue weighted by Gasteiger charge is -2.36. The van der Waals surface area contributed by atoms with Gasteiger partial charge in [0.15, 0.2) is 12.7 Å². The summed E-state index contributed by atoms with van der Waals surface area (Å²) in [5, 5.41) is 3.75. The molecule has 8 nitrogen and oxygen atoms in total. The molecule has 1 aromatic carbocycles. The minimum atomic E-state index is -0.813. The van der Waals surface area contributed by atoms with Crippen molar-refractivity contribution < 1.29 is 23.6 Å². The van der Waals surface area contributed by atoms with Crippen molar-refractivity contribution in [2.45, 2.75) is 65.2 Å². The first-order valence-corrected chi connectivity index (χ1v) is 10.0. The SMILES string of the molecule is CCC1CCCCN1C(=O)C(C)OC(=O)c1ccc(OCc2noc(C)n2)cc1. The molecule has 0 radical (unpaired) electrons. The van der Waals surface area contributed by atoms with E-state index < -0.39 is 12.1 Å². The second-order valence-electron chi connectivity index (χ2n) is 7.18. The molecule has 156 valence electrons. The molecule has 2 atom stereocenters. The fourth-order valence-corrected chi connectivity index (χ4v) is 3.46. The number of aromatic nitrogens is 2. The van der Waals surface area contributed by atoms with Crippen molar-refractivity contribution in [1.29, 1.82) is 0 Å². The van der Waals surface area contributed by atoms with Crippen molar-refractivity contribution in [3.05, 3.63) is 41.5 Å². The quantitative estimate of drug-likeness (QED) is 0.657. The van der Waals surface area contributed by atoms with Crippen LogP contribution in [0.15, 0.2) is 28.8 Å². The van der Waals surface area contributed by atoms with Crippen molar-refractivity contribution in [1.82, 2.24) is 15.0 Å². The van der Waals surface area contributed by atoms with Gasteiger partial charge in [0, 0.05) is 19.5 Å². The maximum absolute atomic E-state index is 12.7. The van der Waals surface area contributed by atoms with Crippen molar-refractivity contribution in [3.63, 3.8) is 0 Å². The van der Waals surface area contributed by atoms with Crippen molar-refractivity contribution in [3.8, 4) is 5.75 Å². The standard InChI is InChI=1S/C21H27N3O5/c1-4-17-7-5-6-12-24(17)20(25)14(2)28-21(26)16-8-10-18(11-9-16)27-13-19-22-15(3)29-23-19/h8-11,14,17H,4-7,12-13H2,1-3H3. The van der Waals surface area contributed by atoms with Crippen LogP contribution in [-0.2, 0) is 16.1 Å². The van der Waals surface area contributed by atoms with E-state index in [2.05, 4.69) is 17.1 Å². The van der Waals surface area contributed by atoms with Gasteiger partial charge in [-0.15, -0.1) is 0 Å². The molecule has 29 heavy (non-hydrogen) atoms. The zero-order valence-electron chi connectivity index (χ0n) is 17.1. The average molecular weight is 401 g/mol. The van der Waals surface area contributed by atoms with E-state index in [0.717, 1.165) is 32.2 Å². The van der Waals surface area contributed by atoms with Crippen molar-refractivity contribution in [2.24, 2.45) is 0 Å². The van der Waals surface area contributed by atoms with Crippen LogP contribution in [0.25, 0.3) is 0 Å². The minimum Gasteiger partial charge on any atom is -0.485 e. The number of carbonyl (C=O) groups excluding carboxylic acids is 2. The highest BCUT2D eigenvalue weighted by Crippen LogP contribution is 2.21. The molecule has 2 aromatic rings. The highest BCUT2D eigenvalue weighted by molar-refractivity contribution is 5.92. The smallest absolute Gasteiger partial charge is 0.338 e. The van der Waals surface area contributed by atoms with Crippen LogP contribution in [-0.4, -0.2) is 45.6 Å². The predicted octanol–water partition coefficient (Wildman–Crippen LogP) is 3.29. The van der Waals surface area contributed by atoms with Gasteiger partial charge in [0.2, 0.25) is 11.7 Å². The molecule has 0 N–H and O–H groups in total. The van der Waals surface area contributed by atoms with Gasteiger partial charge in [-0.05, 0) is 56.9 Å². The van der Waals surface area contributed by atoms with Gasteiger partial charge in [-0.25, -0.2) is 4.79 Å². The Morgan fingerprint density at radius 3 is 2.69 bits per heavy atom. The lowest BCUT2D eigenvalue weighted by atomic mass is 9.99. The van der Waals surface area contributed by atoms with Crippen LogP contribution in [0.5, 0.6) is 5.75 Å². The van der Waals surface area contributed by atoms with E-state index in [1.54, 1.807) is 38.1 Å². The highest BCUT2D eigenvalue weighted by atomic mass is 16.5. The monoisotopic (exact) mass is 401 g/mol. The number of nitrogens with zero attached hydrogens (tertiary/aromatic N) is 3. The third kappa shape index (κ3) is 5.34. The summed E-state index contributed by atoms with van der Waals surface area (Å²) in [6, 6.07) is 6.76.